The lowest BCUT2D eigenvalue weighted by Crippen LogP contribution is -2.41. The van der Waals surface area contributed by atoms with Gasteiger partial charge in [0.2, 0.25) is 0 Å². The Labute approximate surface area is 260 Å². The molecule has 0 aliphatic heterocycles. The third kappa shape index (κ3) is 10.5. The molecular weight excluding hydrogens is 578 g/mol. The fourth-order valence-electron chi connectivity index (χ4n) is 4.01. The first-order valence-corrected chi connectivity index (χ1v) is 14.3. The number of benzene rings is 4. The first-order valence-electron chi connectivity index (χ1n) is 14.3. The van der Waals surface area contributed by atoms with Gasteiger partial charge in [0.1, 0.15) is 17.2 Å². The number of nitrogens with zero attached hydrogens (tertiary/aromatic N) is 3. The fraction of sp³-hybridized carbons (Fsp3) is 0.212. The zero-order chi connectivity index (χ0) is 31.9. The summed E-state index contributed by atoms with van der Waals surface area (Å²) in [5.74, 6) is 1.09. The highest BCUT2D eigenvalue weighted by Crippen LogP contribution is 2.23. The molecule has 2 N–H and O–H groups in total. The van der Waals surface area contributed by atoms with Gasteiger partial charge in [0, 0.05) is 23.3 Å². The van der Waals surface area contributed by atoms with Crippen molar-refractivity contribution in [3.8, 4) is 17.2 Å². The van der Waals surface area contributed by atoms with Crippen LogP contribution in [0.15, 0.2) is 107 Å². The predicted octanol–water partition coefficient (Wildman–Crippen LogP) is 7.11. The van der Waals surface area contributed by atoms with Gasteiger partial charge in [0.15, 0.2) is 0 Å². The fourth-order valence-corrected chi connectivity index (χ4v) is 4.01. The number of carbonyl (C=O) groups is 2. The van der Waals surface area contributed by atoms with E-state index in [0.717, 1.165) is 48.6 Å². The van der Waals surface area contributed by atoms with Gasteiger partial charge in [-0.25, -0.2) is 0 Å². The number of nitrogens with one attached hydrogen (secondary N) is 2. The monoisotopic (exact) mass is 611 g/mol. The van der Waals surface area contributed by atoms with Crippen LogP contribution in [-0.4, -0.2) is 37.1 Å². The molecule has 0 atom stereocenters. The van der Waals surface area contributed by atoms with Crippen LogP contribution in [0.25, 0.3) is 0 Å². The lowest BCUT2D eigenvalue weighted by atomic mass is 10.2. The molecule has 0 aromatic heterocycles. The number of hydrogen-bond donors (Lipinski definition) is 2. The van der Waals surface area contributed by atoms with E-state index in [1.165, 1.54) is 24.3 Å². The van der Waals surface area contributed by atoms with Crippen LogP contribution in [0.4, 0.5) is 17.1 Å². The van der Waals surface area contributed by atoms with Crippen LogP contribution in [0, 0.1) is 10.1 Å². The smallest absolute Gasteiger partial charge is 0.269 e. The van der Waals surface area contributed by atoms with Gasteiger partial charge in [-0.1, -0.05) is 0 Å². The third-order valence-corrected chi connectivity index (χ3v) is 6.51. The van der Waals surface area contributed by atoms with Crippen LogP contribution >= 0.6 is 0 Å². The lowest BCUT2D eigenvalue weighted by Gasteiger charge is -2.09. The first kappa shape index (κ1) is 32.1. The highest BCUT2D eigenvalue weighted by Gasteiger charge is 2.11. The van der Waals surface area contributed by atoms with Crippen LogP contribution in [0.1, 0.15) is 46.4 Å². The van der Waals surface area contributed by atoms with Crippen molar-refractivity contribution < 1.29 is 28.7 Å². The SMILES string of the molecule is COc1ccc(N=Nc2ccc(OCCCCCCOc3ccc(C(=O)NNC(=O)c4ccc([N+](=O)[O-])cc4)cc3)cc2)cc1. The van der Waals surface area contributed by atoms with E-state index in [2.05, 4.69) is 21.1 Å². The molecule has 0 heterocycles. The first-order chi connectivity index (χ1) is 21.9. The van der Waals surface area contributed by atoms with Crippen molar-refractivity contribution in [2.45, 2.75) is 25.7 Å². The number of non-ortho nitro benzene ring substituents is 1. The maximum absolute atomic E-state index is 12.3. The molecule has 45 heavy (non-hydrogen) atoms. The average Bonchev–Trinajstić information content (AvgIpc) is 3.08. The maximum atomic E-state index is 12.3. The molecule has 4 aromatic carbocycles. The number of nitro groups is 1. The zero-order valence-corrected chi connectivity index (χ0v) is 24.7. The summed E-state index contributed by atoms with van der Waals surface area (Å²) in [4.78, 5) is 34.7. The molecule has 4 rings (SSSR count). The number of nitro benzene ring substituents is 1. The summed E-state index contributed by atoms with van der Waals surface area (Å²) in [5, 5.41) is 19.2. The Bertz CT molecular complexity index is 1570. The minimum atomic E-state index is -0.594. The summed E-state index contributed by atoms with van der Waals surface area (Å²) in [6.45, 7) is 1.16. The molecule has 0 radical (unpaired) electrons. The quantitative estimate of drug-likeness (QED) is 0.0628. The van der Waals surface area contributed by atoms with Crippen LogP contribution < -0.4 is 25.1 Å². The molecule has 0 unspecified atom stereocenters. The maximum Gasteiger partial charge on any atom is 0.269 e. The van der Waals surface area contributed by atoms with Gasteiger partial charge in [-0.15, -0.1) is 0 Å². The second-order valence-corrected chi connectivity index (χ2v) is 9.74. The molecule has 0 bridgehead atoms. The molecule has 0 saturated heterocycles. The largest absolute Gasteiger partial charge is 0.497 e. The Morgan fingerprint density at radius 3 is 1.44 bits per heavy atom. The van der Waals surface area contributed by atoms with Gasteiger partial charge >= 0.3 is 0 Å². The Morgan fingerprint density at radius 2 is 1.02 bits per heavy atom. The number of hydrogen-bond acceptors (Lipinski definition) is 9. The van der Waals surface area contributed by atoms with Gasteiger partial charge in [-0.2, -0.15) is 10.2 Å². The van der Waals surface area contributed by atoms with E-state index in [1.807, 2.05) is 48.5 Å². The molecule has 12 nitrogen and oxygen atoms in total. The summed E-state index contributed by atoms with van der Waals surface area (Å²) in [7, 11) is 1.62. The van der Waals surface area contributed by atoms with Crippen LogP contribution in [0.5, 0.6) is 17.2 Å². The van der Waals surface area contributed by atoms with Crippen molar-refractivity contribution in [1.82, 2.24) is 10.9 Å². The normalized spacial score (nSPS) is 10.7. The van der Waals surface area contributed by atoms with E-state index in [0.29, 0.717) is 24.5 Å². The number of rotatable bonds is 15. The Hall–Kier alpha value is -5.78. The highest BCUT2D eigenvalue weighted by molar-refractivity contribution is 5.99. The molecule has 232 valence electrons. The van der Waals surface area contributed by atoms with Gasteiger partial charge < -0.3 is 14.2 Å². The Kier molecular flexibility index (Phi) is 12.0. The molecule has 0 saturated carbocycles. The minimum Gasteiger partial charge on any atom is -0.497 e. The predicted molar refractivity (Wildman–Crippen MR) is 168 cm³/mol. The van der Waals surface area contributed by atoms with Crippen molar-refractivity contribution in [3.05, 3.63) is 118 Å². The number of carbonyl (C=O) groups excluding carboxylic acids is 2. The van der Waals surface area contributed by atoms with E-state index in [4.69, 9.17) is 14.2 Å². The van der Waals surface area contributed by atoms with E-state index in [1.54, 1.807) is 31.4 Å². The van der Waals surface area contributed by atoms with Crippen LogP contribution in [-0.2, 0) is 0 Å². The van der Waals surface area contributed by atoms with Crippen molar-refractivity contribution in [2.24, 2.45) is 10.2 Å². The summed E-state index contributed by atoms with van der Waals surface area (Å²) in [5.41, 5.74) is 6.47. The number of hydrazine groups is 1. The number of azo groups is 1. The van der Waals surface area contributed by atoms with E-state index < -0.39 is 16.7 Å². The lowest BCUT2D eigenvalue weighted by molar-refractivity contribution is -0.384. The summed E-state index contributed by atoms with van der Waals surface area (Å²) < 4.78 is 16.7. The zero-order valence-electron chi connectivity index (χ0n) is 24.7. The van der Waals surface area contributed by atoms with Gasteiger partial charge in [-0.3, -0.25) is 30.6 Å². The van der Waals surface area contributed by atoms with E-state index >= 15 is 0 Å². The molecule has 0 aliphatic carbocycles. The van der Waals surface area contributed by atoms with E-state index in [9.17, 15) is 19.7 Å². The average molecular weight is 612 g/mol. The van der Waals surface area contributed by atoms with Crippen molar-refractivity contribution in [1.29, 1.82) is 0 Å². The molecule has 12 heteroatoms. The molecule has 2 amide bonds. The summed E-state index contributed by atoms with van der Waals surface area (Å²) in [6.07, 6.45) is 3.79. The van der Waals surface area contributed by atoms with Crippen LogP contribution in [0.3, 0.4) is 0 Å². The Balaban J connectivity index is 1.05. The molecule has 0 spiro atoms. The van der Waals surface area contributed by atoms with Crippen molar-refractivity contribution >= 4 is 28.9 Å². The van der Waals surface area contributed by atoms with E-state index in [-0.39, 0.29) is 11.3 Å². The number of ether oxygens (including phenoxy) is 3. The second-order valence-electron chi connectivity index (χ2n) is 9.74. The number of amides is 2. The molecular formula is C33H33N5O7. The standard InChI is InChI=1S/C33H33N5O7/c1-43-29-18-10-26(11-19-29)34-35-27-12-20-31(21-13-27)45-23-5-3-2-4-22-44-30-16-8-25(9-17-30)33(40)37-36-32(39)24-6-14-28(15-7-24)38(41)42/h6-21H,2-5,22-23H2,1H3,(H,36,39)(H,37,40). The van der Waals surface area contributed by atoms with Crippen LogP contribution in [0.2, 0.25) is 0 Å². The number of methoxy groups -OCH3 is 1. The molecule has 0 fully saturated rings. The molecule has 0 aliphatic rings. The van der Waals surface area contributed by atoms with Crippen molar-refractivity contribution in [2.75, 3.05) is 20.3 Å². The summed E-state index contributed by atoms with van der Waals surface area (Å²) in [6, 6.07) is 26.4. The second kappa shape index (κ2) is 16.8. The molecule has 4 aromatic rings. The van der Waals surface area contributed by atoms with Crippen molar-refractivity contribution in [3.63, 3.8) is 0 Å². The van der Waals surface area contributed by atoms with Gasteiger partial charge in [0.25, 0.3) is 17.5 Å². The summed E-state index contributed by atoms with van der Waals surface area (Å²) >= 11 is 0. The minimum absolute atomic E-state index is 0.131. The third-order valence-electron chi connectivity index (χ3n) is 6.51. The topological polar surface area (TPSA) is 154 Å². The number of unbranched alkanes of at least 4 members (excludes halogenated alkanes) is 3. The Morgan fingerprint density at radius 1 is 0.622 bits per heavy atom. The highest BCUT2D eigenvalue weighted by atomic mass is 16.6. The van der Waals surface area contributed by atoms with Gasteiger partial charge in [0.05, 0.1) is 36.6 Å². The van der Waals surface area contributed by atoms with Gasteiger partial charge in [-0.05, 0) is 111 Å².